The minimum absolute atomic E-state index is 0.0720. The maximum atomic E-state index is 11.8. The molecule has 0 bridgehead atoms. The lowest BCUT2D eigenvalue weighted by molar-refractivity contribution is 0.0524. The minimum Gasteiger partial charge on any atom is -0.446 e. The number of benzene rings is 1. The molecule has 0 aliphatic heterocycles. The molecule has 0 radical (unpaired) electrons. The zero-order valence-corrected chi connectivity index (χ0v) is 11.1. The molecule has 2 unspecified atom stereocenters. The van der Waals surface area contributed by atoms with Crippen LogP contribution < -0.4 is 5.32 Å². The lowest BCUT2D eigenvalue weighted by Gasteiger charge is -2.28. The maximum absolute atomic E-state index is 11.8. The fraction of sp³-hybridized carbons (Fsp3) is 0.533. The zero-order chi connectivity index (χ0) is 13.0. The van der Waals surface area contributed by atoms with Gasteiger partial charge in [-0.15, -0.1) is 0 Å². The predicted octanol–water partition coefficient (Wildman–Crippen LogP) is 4.12. The van der Waals surface area contributed by atoms with E-state index in [1.54, 1.807) is 0 Å². The summed E-state index contributed by atoms with van der Waals surface area (Å²) in [4.78, 5) is 11.8. The Morgan fingerprint density at radius 2 is 2.00 bits per heavy atom. The maximum Gasteiger partial charge on any atom is 0.411 e. The van der Waals surface area contributed by atoms with Gasteiger partial charge in [0.2, 0.25) is 0 Å². The Hall–Kier alpha value is -1.51. The van der Waals surface area contributed by atoms with Crippen molar-refractivity contribution in [3.63, 3.8) is 0 Å². The molecule has 0 aromatic heterocycles. The third-order valence-corrected chi connectivity index (χ3v) is 3.67. The normalized spacial score (nSPS) is 23.4. The molecule has 1 saturated carbocycles. The summed E-state index contributed by atoms with van der Waals surface area (Å²) in [6.45, 7) is 4.13. The largest absolute Gasteiger partial charge is 0.446 e. The van der Waals surface area contributed by atoms with Gasteiger partial charge in [0.1, 0.15) is 6.10 Å². The smallest absolute Gasteiger partial charge is 0.411 e. The molecule has 2 atom stereocenters. The van der Waals surface area contributed by atoms with E-state index in [2.05, 4.69) is 12.2 Å². The van der Waals surface area contributed by atoms with Crippen molar-refractivity contribution in [2.24, 2.45) is 5.92 Å². The Bertz CT molecular complexity index is 417. The Morgan fingerprint density at radius 3 is 2.72 bits per heavy atom. The summed E-state index contributed by atoms with van der Waals surface area (Å²) in [5.74, 6) is 0.473. The van der Waals surface area contributed by atoms with Crippen LogP contribution in [0.4, 0.5) is 10.5 Å². The molecule has 1 aliphatic rings. The van der Waals surface area contributed by atoms with Gasteiger partial charge in [0.25, 0.3) is 0 Å². The average molecular weight is 247 g/mol. The summed E-state index contributed by atoms with van der Waals surface area (Å²) in [5, 5.41) is 2.82. The SMILES string of the molecule is Cc1ccccc1NC(=O)OC1CCCCC1C. The van der Waals surface area contributed by atoms with Crippen molar-refractivity contribution < 1.29 is 9.53 Å². The number of carbonyl (C=O) groups is 1. The van der Waals surface area contributed by atoms with Gasteiger partial charge >= 0.3 is 6.09 Å². The van der Waals surface area contributed by atoms with Gasteiger partial charge in [0, 0.05) is 5.69 Å². The van der Waals surface area contributed by atoms with Crippen molar-refractivity contribution in [2.45, 2.75) is 45.6 Å². The summed E-state index contributed by atoms with van der Waals surface area (Å²) < 4.78 is 5.51. The molecule has 1 N–H and O–H groups in total. The first kappa shape index (κ1) is 12.9. The summed E-state index contributed by atoms with van der Waals surface area (Å²) >= 11 is 0. The number of nitrogens with one attached hydrogen (secondary N) is 1. The first-order valence-electron chi connectivity index (χ1n) is 6.70. The van der Waals surface area contributed by atoms with E-state index in [0.717, 1.165) is 30.5 Å². The van der Waals surface area contributed by atoms with Crippen molar-refractivity contribution in [3.05, 3.63) is 29.8 Å². The second-order valence-corrected chi connectivity index (χ2v) is 5.15. The number of hydrogen-bond acceptors (Lipinski definition) is 2. The van der Waals surface area contributed by atoms with Crippen molar-refractivity contribution >= 4 is 11.8 Å². The number of ether oxygens (including phenoxy) is 1. The molecule has 3 nitrogen and oxygen atoms in total. The quantitative estimate of drug-likeness (QED) is 0.853. The number of amides is 1. The summed E-state index contributed by atoms with van der Waals surface area (Å²) in [6.07, 6.45) is 4.29. The van der Waals surface area contributed by atoms with Gasteiger partial charge in [-0.1, -0.05) is 31.5 Å². The molecule has 0 spiro atoms. The average Bonchev–Trinajstić information content (AvgIpc) is 2.35. The lowest BCUT2D eigenvalue weighted by atomic mass is 9.88. The highest BCUT2D eigenvalue weighted by atomic mass is 16.6. The number of carbonyl (C=O) groups excluding carboxylic acids is 1. The Balaban J connectivity index is 1.90. The summed E-state index contributed by atoms with van der Waals surface area (Å²) in [5.41, 5.74) is 1.87. The summed E-state index contributed by atoms with van der Waals surface area (Å²) in [7, 11) is 0. The monoisotopic (exact) mass is 247 g/mol. The highest BCUT2D eigenvalue weighted by molar-refractivity contribution is 5.85. The van der Waals surface area contributed by atoms with Crippen LogP contribution in [0.2, 0.25) is 0 Å². The van der Waals surface area contributed by atoms with E-state index in [9.17, 15) is 4.79 Å². The van der Waals surface area contributed by atoms with E-state index in [0.29, 0.717) is 5.92 Å². The molecule has 1 fully saturated rings. The second-order valence-electron chi connectivity index (χ2n) is 5.15. The van der Waals surface area contributed by atoms with Crippen LogP contribution in [0.5, 0.6) is 0 Å². The number of rotatable bonds is 2. The first-order chi connectivity index (χ1) is 8.66. The molecule has 0 saturated heterocycles. The van der Waals surface area contributed by atoms with Crippen LogP contribution in [-0.2, 0) is 4.74 Å². The van der Waals surface area contributed by atoms with Crippen molar-refractivity contribution in [1.29, 1.82) is 0 Å². The van der Waals surface area contributed by atoms with Gasteiger partial charge < -0.3 is 4.74 Å². The third kappa shape index (κ3) is 3.25. The number of para-hydroxylation sites is 1. The number of hydrogen-bond donors (Lipinski definition) is 1. The standard InChI is InChI=1S/C15H21NO2/c1-11-7-3-5-9-13(11)16-15(17)18-14-10-6-4-8-12(14)2/h3,5,7,9,12,14H,4,6,8,10H2,1-2H3,(H,16,17). The summed E-state index contributed by atoms with van der Waals surface area (Å²) in [6, 6.07) is 7.72. The molecule has 1 amide bonds. The molecular formula is C15H21NO2. The van der Waals surface area contributed by atoms with Crippen LogP contribution >= 0.6 is 0 Å². The molecule has 98 valence electrons. The van der Waals surface area contributed by atoms with E-state index < -0.39 is 0 Å². The molecule has 0 heterocycles. The van der Waals surface area contributed by atoms with Gasteiger partial charge in [-0.3, -0.25) is 5.32 Å². The molecule has 1 aromatic carbocycles. The third-order valence-electron chi connectivity index (χ3n) is 3.67. The van der Waals surface area contributed by atoms with Gasteiger partial charge in [0.15, 0.2) is 0 Å². The van der Waals surface area contributed by atoms with Crippen molar-refractivity contribution in [3.8, 4) is 0 Å². The van der Waals surface area contributed by atoms with Gasteiger partial charge in [-0.05, 0) is 43.7 Å². The first-order valence-corrected chi connectivity index (χ1v) is 6.70. The Labute approximate surface area is 109 Å². The molecule has 3 heteroatoms. The fourth-order valence-corrected chi connectivity index (χ4v) is 2.45. The predicted molar refractivity (Wildman–Crippen MR) is 72.7 cm³/mol. The van der Waals surface area contributed by atoms with Gasteiger partial charge in [-0.2, -0.15) is 0 Å². The molecule has 1 aliphatic carbocycles. The van der Waals surface area contributed by atoms with Gasteiger partial charge in [-0.25, -0.2) is 4.79 Å². The van der Waals surface area contributed by atoms with Crippen LogP contribution in [0.15, 0.2) is 24.3 Å². The number of aryl methyl sites for hydroxylation is 1. The number of anilines is 1. The van der Waals surface area contributed by atoms with E-state index in [1.807, 2.05) is 31.2 Å². The van der Waals surface area contributed by atoms with Crippen LogP contribution in [0.25, 0.3) is 0 Å². The van der Waals surface area contributed by atoms with E-state index in [4.69, 9.17) is 4.74 Å². The molecule has 1 aromatic rings. The molecular weight excluding hydrogens is 226 g/mol. The lowest BCUT2D eigenvalue weighted by Crippen LogP contribution is -2.30. The zero-order valence-electron chi connectivity index (χ0n) is 11.1. The van der Waals surface area contributed by atoms with Crippen LogP contribution in [0, 0.1) is 12.8 Å². The van der Waals surface area contributed by atoms with E-state index in [-0.39, 0.29) is 12.2 Å². The Morgan fingerprint density at radius 1 is 1.28 bits per heavy atom. The second kappa shape index (κ2) is 5.89. The van der Waals surface area contributed by atoms with E-state index >= 15 is 0 Å². The Kier molecular flexibility index (Phi) is 4.24. The minimum atomic E-state index is -0.331. The van der Waals surface area contributed by atoms with E-state index in [1.165, 1.54) is 6.42 Å². The fourth-order valence-electron chi connectivity index (χ4n) is 2.45. The van der Waals surface area contributed by atoms with Crippen LogP contribution in [-0.4, -0.2) is 12.2 Å². The topological polar surface area (TPSA) is 38.3 Å². The highest BCUT2D eigenvalue weighted by Crippen LogP contribution is 2.26. The van der Waals surface area contributed by atoms with Crippen molar-refractivity contribution in [2.75, 3.05) is 5.32 Å². The van der Waals surface area contributed by atoms with Gasteiger partial charge in [0.05, 0.1) is 0 Å². The molecule has 18 heavy (non-hydrogen) atoms. The molecule has 2 rings (SSSR count). The van der Waals surface area contributed by atoms with Crippen LogP contribution in [0.3, 0.4) is 0 Å². The van der Waals surface area contributed by atoms with Crippen molar-refractivity contribution in [1.82, 2.24) is 0 Å². The van der Waals surface area contributed by atoms with Crippen LogP contribution in [0.1, 0.15) is 38.2 Å². The highest BCUT2D eigenvalue weighted by Gasteiger charge is 2.24.